The van der Waals surface area contributed by atoms with Gasteiger partial charge in [-0.15, -0.1) is 0 Å². The van der Waals surface area contributed by atoms with Crippen LogP contribution in [0.5, 0.6) is 0 Å². The second-order valence-electron chi connectivity index (χ2n) is 5.84. The Bertz CT molecular complexity index is 711. The molecule has 1 aliphatic rings. The average Bonchev–Trinajstić information content (AvgIpc) is 2.95. The van der Waals surface area contributed by atoms with Crippen molar-refractivity contribution in [1.29, 1.82) is 0 Å². The van der Waals surface area contributed by atoms with Gasteiger partial charge < -0.3 is 14.6 Å². The molecule has 3 rings (SSSR count). The number of benzene rings is 1. The molecule has 1 unspecified atom stereocenters. The van der Waals surface area contributed by atoms with Gasteiger partial charge in [-0.25, -0.2) is 4.39 Å². The van der Waals surface area contributed by atoms with Crippen molar-refractivity contribution in [2.75, 3.05) is 19.6 Å². The fourth-order valence-electron chi connectivity index (χ4n) is 3.08. The standard InChI is InChI=1S/C18H21FN2O2/c1-3-16-12(2)9-17(23-16)18(22)21-8-7-20-11-15(21)13-5-4-6-14(19)10-13/h4-6,9-10,15,20H,3,7-8,11H2,1-2H3. The number of furan rings is 1. The lowest BCUT2D eigenvalue weighted by atomic mass is 10.0. The minimum absolute atomic E-state index is 0.136. The summed E-state index contributed by atoms with van der Waals surface area (Å²) in [6.45, 7) is 5.84. The Labute approximate surface area is 135 Å². The number of carbonyl (C=O) groups excluding carboxylic acids is 1. The number of amides is 1. The van der Waals surface area contributed by atoms with Crippen molar-refractivity contribution in [3.63, 3.8) is 0 Å². The quantitative estimate of drug-likeness (QED) is 0.946. The third-order valence-electron chi connectivity index (χ3n) is 4.29. The van der Waals surface area contributed by atoms with E-state index in [1.165, 1.54) is 12.1 Å². The van der Waals surface area contributed by atoms with Crippen LogP contribution in [0.2, 0.25) is 0 Å². The summed E-state index contributed by atoms with van der Waals surface area (Å²) in [5, 5.41) is 3.27. The number of aryl methyl sites for hydroxylation is 2. The van der Waals surface area contributed by atoms with Gasteiger partial charge in [-0.2, -0.15) is 0 Å². The Morgan fingerprint density at radius 1 is 1.43 bits per heavy atom. The van der Waals surface area contributed by atoms with Crippen LogP contribution in [-0.4, -0.2) is 30.4 Å². The molecule has 2 aromatic rings. The lowest BCUT2D eigenvalue weighted by Gasteiger charge is -2.36. The summed E-state index contributed by atoms with van der Waals surface area (Å²) in [5.41, 5.74) is 1.79. The first-order valence-electron chi connectivity index (χ1n) is 7.96. The van der Waals surface area contributed by atoms with Crippen molar-refractivity contribution in [3.8, 4) is 0 Å². The van der Waals surface area contributed by atoms with Crippen LogP contribution in [0.1, 0.15) is 40.4 Å². The van der Waals surface area contributed by atoms with Crippen LogP contribution in [0.4, 0.5) is 4.39 Å². The number of carbonyl (C=O) groups is 1. The first kappa shape index (κ1) is 15.7. The van der Waals surface area contributed by atoms with Crippen molar-refractivity contribution in [1.82, 2.24) is 10.2 Å². The van der Waals surface area contributed by atoms with E-state index in [2.05, 4.69) is 5.32 Å². The highest BCUT2D eigenvalue weighted by molar-refractivity contribution is 5.92. The number of halogens is 1. The molecule has 0 bridgehead atoms. The minimum Gasteiger partial charge on any atom is -0.456 e. The normalized spacial score (nSPS) is 18.2. The Hall–Kier alpha value is -2.14. The molecular formula is C18H21FN2O2. The van der Waals surface area contributed by atoms with Gasteiger partial charge in [0.05, 0.1) is 6.04 Å². The Balaban J connectivity index is 1.90. The molecular weight excluding hydrogens is 295 g/mol. The highest BCUT2D eigenvalue weighted by Crippen LogP contribution is 2.26. The maximum absolute atomic E-state index is 13.5. The van der Waals surface area contributed by atoms with Gasteiger partial charge in [0.15, 0.2) is 5.76 Å². The molecule has 1 aromatic heterocycles. The molecule has 0 aliphatic carbocycles. The minimum atomic E-state index is -0.289. The van der Waals surface area contributed by atoms with Crippen molar-refractivity contribution in [3.05, 3.63) is 58.8 Å². The highest BCUT2D eigenvalue weighted by Gasteiger charge is 2.30. The SMILES string of the molecule is CCc1oc(C(=O)N2CCNCC2c2cccc(F)c2)cc1C. The maximum Gasteiger partial charge on any atom is 0.290 e. The molecule has 5 heteroatoms. The molecule has 122 valence electrons. The second kappa shape index (κ2) is 6.54. The predicted molar refractivity (Wildman–Crippen MR) is 85.9 cm³/mol. The molecule has 1 atom stereocenters. The van der Waals surface area contributed by atoms with E-state index in [4.69, 9.17) is 4.42 Å². The third kappa shape index (κ3) is 3.15. The fraction of sp³-hybridized carbons (Fsp3) is 0.389. The van der Waals surface area contributed by atoms with E-state index in [9.17, 15) is 9.18 Å². The van der Waals surface area contributed by atoms with Gasteiger partial charge in [-0.05, 0) is 36.2 Å². The van der Waals surface area contributed by atoms with Crippen LogP contribution < -0.4 is 5.32 Å². The number of hydrogen-bond donors (Lipinski definition) is 1. The number of hydrogen-bond acceptors (Lipinski definition) is 3. The van der Waals surface area contributed by atoms with Crippen LogP contribution in [0.15, 0.2) is 34.7 Å². The molecule has 0 spiro atoms. The van der Waals surface area contributed by atoms with Gasteiger partial charge in [-0.1, -0.05) is 19.1 Å². The zero-order chi connectivity index (χ0) is 16.4. The van der Waals surface area contributed by atoms with Crippen LogP contribution in [-0.2, 0) is 6.42 Å². The lowest BCUT2D eigenvalue weighted by molar-refractivity contribution is 0.0599. The van der Waals surface area contributed by atoms with Gasteiger partial charge in [0.2, 0.25) is 0 Å². The summed E-state index contributed by atoms with van der Waals surface area (Å²) in [4.78, 5) is 14.6. The summed E-state index contributed by atoms with van der Waals surface area (Å²) in [7, 11) is 0. The summed E-state index contributed by atoms with van der Waals surface area (Å²) in [6.07, 6.45) is 0.758. The number of piperazine rings is 1. The Morgan fingerprint density at radius 2 is 2.26 bits per heavy atom. The van der Waals surface area contributed by atoms with Gasteiger partial charge >= 0.3 is 0 Å². The van der Waals surface area contributed by atoms with Gasteiger partial charge in [0, 0.05) is 26.1 Å². The first-order chi connectivity index (χ1) is 11.1. The van der Waals surface area contributed by atoms with Gasteiger partial charge in [0.1, 0.15) is 11.6 Å². The van der Waals surface area contributed by atoms with E-state index in [1.54, 1.807) is 17.0 Å². The van der Waals surface area contributed by atoms with E-state index in [-0.39, 0.29) is 17.8 Å². The molecule has 1 fully saturated rings. The van der Waals surface area contributed by atoms with Crippen molar-refractivity contribution >= 4 is 5.91 Å². The highest BCUT2D eigenvalue weighted by atomic mass is 19.1. The summed E-state index contributed by atoms with van der Waals surface area (Å²) in [6, 6.07) is 8.03. The number of rotatable bonds is 3. The largest absolute Gasteiger partial charge is 0.456 e. The topological polar surface area (TPSA) is 45.5 Å². The summed E-state index contributed by atoms with van der Waals surface area (Å²) in [5.74, 6) is 0.777. The molecule has 1 aliphatic heterocycles. The van der Waals surface area contributed by atoms with Gasteiger partial charge in [0.25, 0.3) is 5.91 Å². The van der Waals surface area contributed by atoms with Crippen molar-refractivity contribution < 1.29 is 13.6 Å². The molecule has 0 radical (unpaired) electrons. The van der Waals surface area contributed by atoms with Crippen LogP contribution in [0.25, 0.3) is 0 Å². The summed E-state index contributed by atoms with van der Waals surface area (Å²) >= 11 is 0. The smallest absolute Gasteiger partial charge is 0.290 e. The van der Waals surface area contributed by atoms with Gasteiger partial charge in [-0.3, -0.25) is 4.79 Å². The van der Waals surface area contributed by atoms with Crippen LogP contribution >= 0.6 is 0 Å². The predicted octanol–water partition coefficient (Wildman–Crippen LogP) is 3.08. The number of nitrogens with one attached hydrogen (secondary N) is 1. The van der Waals surface area contributed by atoms with Crippen molar-refractivity contribution in [2.24, 2.45) is 0 Å². The Morgan fingerprint density at radius 3 is 2.96 bits per heavy atom. The second-order valence-corrected chi connectivity index (χ2v) is 5.84. The summed E-state index contributed by atoms with van der Waals surface area (Å²) < 4.78 is 19.2. The molecule has 0 saturated carbocycles. The third-order valence-corrected chi connectivity index (χ3v) is 4.29. The molecule has 1 aromatic carbocycles. The maximum atomic E-state index is 13.5. The molecule has 1 N–H and O–H groups in total. The monoisotopic (exact) mass is 316 g/mol. The van der Waals surface area contributed by atoms with Crippen molar-refractivity contribution in [2.45, 2.75) is 26.3 Å². The number of nitrogens with zero attached hydrogens (tertiary/aromatic N) is 1. The molecule has 1 amide bonds. The average molecular weight is 316 g/mol. The van der Waals surface area contributed by atoms with E-state index in [1.807, 2.05) is 19.9 Å². The fourth-order valence-corrected chi connectivity index (χ4v) is 3.08. The Kier molecular flexibility index (Phi) is 4.48. The molecule has 2 heterocycles. The zero-order valence-corrected chi connectivity index (χ0v) is 13.4. The van der Waals surface area contributed by atoms with Crippen LogP contribution in [0.3, 0.4) is 0 Å². The lowest BCUT2D eigenvalue weighted by Crippen LogP contribution is -2.48. The van der Waals surface area contributed by atoms with E-state index >= 15 is 0 Å². The first-order valence-corrected chi connectivity index (χ1v) is 7.96. The van der Waals surface area contributed by atoms with E-state index < -0.39 is 0 Å². The molecule has 4 nitrogen and oxygen atoms in total. The molecule has 23 heavy (non-hydrogen) atoms. The molecule has 1 saturated heterocycles. The van der Waals surface area contributed by atoms with Crippen LogP contribution in [0, 0.1) is 12.7 Å². The van der Waals surface area contributed by atoms with E-state index in [0.717, 1.165) is 29.9 Å². The van der Waals surface area contributed by atoms with E-state index in [0.29, 0.717) is 18.8 Å². The zero-order valence-electron chi connectivity index (χ0n) is 13.4.